The molecule has 1 aliphatic heterocycles. The molecule has 0 radical (unpaired) electrons. The summed E-state index contributed by atoms with van der Waals surface area (Å²) < 4.78 is 28.2. The molecule has 3 aromatic rings. The smallest absolute Gasteiger partial charge is 0.243 e. The first-order chi connectivity index (χ1) is 13.4. The summed E-state index contributed by atoms with van der Waals surface area (Å²) in [5.41, 5.74) is 3.36. The normalized spacial score (nSPS) is 15.9. The summed E-state index contributed by atoms with van der Waals surface area (Å²) in [4.78, 5) is 7.37. The molecule has 2 heterocycles. The highest BCUT2D eigenvalue weighted by atomic mass is 79.9. The van der Waals surface area contributed by atoms with Crippen LogP contribution in [0.4, 0.5) is 5.82 Å². The standard InChI is InChI=1S/C21H22BrN3O2S/c1-15-4-3-5-19-16(2)14-20(23-21(15)19)24-10-12-25(13-11-24)28(26,27)18-8-6-17(22)7-9-18/h3-9,14H,10-13H2,1-2H3. The van der Waals surface area contributed by atoms with Crippen molar-refractivity contribution < 1.29 is 8.42 Å². The van der Waals surface area contributed by atoms with Crippen molar-refractivity contribution in [3.8, 4) is 0 Å². The first kappa shape index (κ1) is 19.4. The number of benzene rings is 2. The van der Waals surface area contributed by atoms with Crippen LogP contribution in [0.2, 0.25) is 0 Å². The van der Waals surface area contributed by atoms with Gasteiger partial charge in [0.2, 0.25) is 10.0 Å². The summed E-state index contributed by atoms with van der Waals surface area (Å²) in [5.74, 6) is 0.917. The van der Waals surface area contributed by atoms with Gasteiger partial charge in [-0.25, -0.2) is 13.4 Å². The van der Waals surface area contributed by atoms with E-state index in [-0.39, 0.29) is 0 Å². The van der Waals surface area contributed by atoms with Gasteiger partial charge >= 0.3 is 0 Å². The number of pyridine rings is 1. The molecule has 5 nitrogen and oxygen atoms in total. The maximum absolute atomic E-state index is 12.9. The summed E-state index contributed by atoms with van der Waals surface area (Å²) in [5, 5.41) is 1.17. The van der Waals surface area contributed by atoms with Crippen LogP contribution in [0, 0.1) is 13.8 Å². The second kappa shape index (κ2) is 7.46. The summed E-state index contributed by atoms with van der Waals surface area (Å²) >= 11 is 3.35. The van der Waals surface area contributed by atoms with Gasteiger partial charge in [0.1, 0.15) is 5.82 Å². The molecule has 146 valence electrons. The van der Waals surface area contributed by atoms with Crippen LogP contribution in [0.1, 0.15) is 11.1 Å². The lowest BCUT2D eigenvalue weighted by Crippen LogP contribution is -2.48. The maximum atomic E-state index is 12.9. The predicted molar refractivity (Wildman–Crippen MR) is 116 cm³/mol. The van der Waals surface area contributed by atoms with E-state index in [1.54, 1.807) is 28.6 Å². The van der Waals surface area contributed by atoms with Crippen LogP contribution in [0.15, 0.2) is 57.9 Å². The van der Waals surface area contributed by atoms with Crippen LogP contribution in [-0.2, 0) is 10.0 Å². The molecule has 1 aliphatic rings. The summed E-state index contributed by atoms with van der Waals surface area (Å²) in [7, 11) is -3.47. The van der Waals surface area contributed by atoms with Crippen LogP contribution < -0.4 is 4.90 Å². The molecule has 7 heteroatoms. The van der Waals surface area contributed by atoms with Gasteiger partial charge in [0.25, 0.3) is 0 Å². The molecule has 1 saturated heterocycles. The minimum absolute atomic E-state index is 0.333. The lowest BCUT2D eigenvalue weighted by atomic mass is 10.1. The molecule has 0 saturated carbocycles. The third kappa shape index (κ3) is 3.54. The number of fused-ring (bicyclic) bond motifs is 1. The van der Waals surface area contributed by atoms with E-state index < -0.39 is 10.0 Å². The van der Waals surface area contributed by atoms with Gasteiger partial charge < -0.3 is 4.90 Å². The van der Waals surface area contributed by atoms with Crippen LogP contribution in [-0.4, -0.2) is 43.9 Å². The number of anilines is 1. The second-order valence-electron chi connectivity index (χ2n) is 7.11. The zero-order valence-electron chi connectivity index (χ0n) is 15.9. The Kier molecular flexibility index (Phi) is 5.16. The molecule has 0 bridgehead atoms. The highest BCUT2D eigenvalue weighted by Gasteiger charge is 2.29. The fourth-order valence-electron chi connectivity index (χ4n) is 3.62. The summed E-state index contributed by atoms with van der Waals surface area (Å²) in [6.07, 6.45) is 0. The zero-order valence-corrected chi connectivity index (χ0v) is 18.3. The highest BCUT2D eigenvalue weighted by molar-refractivity contribution is 9.10. The third-order valence-electron chi connectivity index (χ3n) is 5.25. The van der Waals surface area contributed by atoms with Crippen LogP contribution >= 0.6 is 15.9 Å². The molecule has 0 atom stereocenters. The number of hydrogen-bond donors (Lipinski definition) is 0. The Balaban J connectivity index is 1.55. The minimum Gasteiger partial charge on any atom is -0.354 e. The van der Waals surface area contributed by atoms with E-state index in [4.69, 9.17) is 4.98 Å². The van der Waals surface area contributed by atoms with Gasteiger partial charge in [-0.15, -0.1) is 0 Å². The molecular formula is C21H22BrN3O2S. The first-order valence-electron chi connectivity index (χ1n) is 9.24. The quantitative estimate of drug-likeness (QED) is 0.590. The van der Waals surface area contributed by atoms with E-state index in [0.29, 0.717) is 31.1 Å². The van der Waals surface area contributed by atoms with Gasteiger partial charge in [-0.2, -0.15) is 4.31 Å². The molecule has 0 aliphatic carbocycles. The van der Waals surface area contributed by atoms with Crippen molar-refractivity contribution in [3.05, 3.63) is 64.1 Å². The lowest BCUT2D eigenvalue weighted by Gasteiger charge is -2.35. The molecular weight excluding hydrogens is 438 g/mol. The number of piperazine rings is 1. The second-order valence-corrected chi connectivity index (χ2v) is 9.97. The molecule has 0 spiro atoms. The number of rotatable bonds is 3. The number of halogens is 1. The Morgan fingerprint density at radius 3 is 2.29 bits per heavy atom. The molecule has 28 heavy (non-hydrogen) atoms. The Hall–Kier alpha value is -1.96. The fourth-order valence-corrected chi connectivity index (χ4v) is 5.31. The van der Waals surface area contributed by atoms with Crippen molar-refractivity contribution in [1.29, 1.82) is 0 Å². The van der Waals surface area contributed by atoms with Gasteiger partial charge in [-0.3, -0.25) is 0 Å². The Bertz CT molecular complexity index is 1120. The average Bonchev–Trinajstić information content (AvgIpc) is 2.69. The maximum Gasteiger partial charge on any atom is 0.243 e. The van der Waals surface area contributed by atoms with Crippen LogP contribution in [0.3, 0.4) is 0 Å². The minimum atomic E-state index is -3.47. The molecule has 4 rings (SSSR count). The van der Waals surface area contributed by atoms with Gasteiger partial charge in [0.15, 0.2) is 0 Å². The van der Waals surface area contributed by atoms with Crippen molar-refractivity contribution in [2.45, 2.75) is 18.7 Å². The topological polar surface area (TPSA) is 53.5 Å². The number of sulfonamides is 1. The largest absolute Gasteiger partial charge is 0.354 e. The third-order valence-corrected chi connectivity index (χ3v) is 7.69. The van der Waals surface area contributed by atoms with E-state index in [9.17, 15) is 8.42 Å². The first-order valence-corrected chi connectivity index (χ1v) is 11.5. The Morgan fingerprint density at radius 1 is 0.929 bits per heavy atom. The SMILES string of the molecule is Cc1cc(N2CCN(S(=O)(=O)c3ccc(Br)cc3)CC2)nc2c(C)cccc12. The molecule has 2 aromatic carbocycles. The van der Waals surface area contributed by atoms with Gasteiger partial charge in [-0.05, 0) is 55.3 Å². The van der Waals surface area contributed by atoms with E-state index in [1.807, 2.05) is 0 Å². The van der Waals surface area contributed by atoms with Gasteiger partial charge in [-0.1, -0.05) is 34.1 Å². The van der Waals surface area contributed by atoms with Crippen molar-refractivity contribution in [2.24, 2.45) is 0 Å². The molecule has 1 aromatic heterocycles. The summed E-state index contributed by atoms with van der Waals surface area (Å²) in [6.45, 7) is 6.32. The molecule has 0 N–H and O–H groups in total. The number of aryl methyl sites for hydroxylation is 2. The molecule has 0 unspecified atom stereocenters. The van der Waals surface area contributed by atoms with Crippen molar-refractivity contribution in [1.82, 2.24) is 9.29 Å². The number of hydrogen-bond acceptors (Lipinski definition) is 4. The predicted octanol–water partition coefficient (Wildman–Crippen LogP) is 4.13. The zero-order chi connectivity index (χ0) is 19.9. The van der Waals surface area contributed by atoms with Crippen LogP contribution in [0.25, 0.3) is 10.9 Å². The number of para-hydroxylation sites is 1. The van der Waals surface area contributed by atoms with Crippen molar-refractivity contribution in [3.63, 3.8) is 0 Å². The highest BCUT2D eigenvalue weighted by Crippen LogP contribution is 2.26. The van der Waals surface area contributed by atoms with Crippen molar-refractivity contribution >= 4 is 42.7 Å². The van der Waals surface area contributed by atoms with Crippen molar-refractivity contribution in [2.75, 3.05) is 31.1 Å². The van der Waals surface area contributed by atoms with E-state index in [1.165, 1.54) is 10.9 Å². The van der Waals surface area contributed by atoms with E-state index in [2.05, 4.69) is 58.9 Å². The van der Waals surface area contributed by atoms with E-state index >= 15 is 0 Å². The van der Waals surface area contributed by atoms with Gasteiger partial charge in [0.05, 0.1) is 10.4 Å². The van der Waals surface area contributed by atoms with E-state index in [0.717, 1.165) is 21.4 Å². The molecule has 0 amide bonds. The fraction of sp³-hybridized carbons (Fsp3) is 0.286. The number of aromatic nitrogens is 1. The van der Waals surface area contributed by atoms with Crippen LogP contribution in [0.5, 0.6) is 0 Å². The number of nitrogens with zero attached hydrogens (tertiary/aromatic N) is 3. The lowest BCUT2D eigenvalue weighted by molar-refractivity contribution is 0.384. The van der Waals surface area contributed by atoms with Gasteiger partial charge in [0, 0.05) is 36.0 Å². The molecule has 1 fully saturated rings. The Morgan fingerprint density at radius 2 is 1.61 bits per heavy atom. The Labute approximate surface area is 174 Å². The monoisotopic (exact) mass is 459 g/mol. The average molecular weight is 460 g/mol. The summed E-state index contributed by atoms with van der Waals surface area (Å²) in [6, 6.07) is 15.1.